The van der Waals surface area contributed by atoms with Gasteiger partial charge >= 0.3 is 0 Å². The van der Waals surface area contributed by atoms with Crippen LogP contribution < -0.4 is 4.74 Å². The fourth-order valence-electron chi connectivity index (χ4n) is 2.69. The number of aryl methyl sites for hydroxylation is 1. The Morgan fingerprint density at radius 1 is 1.12 bits per heavy atom. The van der Waals surface area contributed by atoms with Crippen LogP contribution in [0.2, 0.25) is 10.0 Å². The molecule has 0 aliphatic heterocycles. The normalized spacial score (nSPS) is 12.2. The van der Waals surface area contributed by atoms with E-state index >= 15 is 0 Å². The van der Waals surface area contributed by atoms with Gasteiger partial charge in [0.05, 0.1) is 5.69 Å². The Labute approximate surface area is 158 Å². The molecular weight excluding hydrogens is 355 g/mol. The molecule has 0 radical (unpaired) electrons. The molecule has 3 aromatic rings. The van der Waals surface area contributed by atoms with Crippen molar-refractivity contribution >= 4 is 23.2 Å². The fraction of sp³-hybridized carbons (Fsp3) is 0.250. The maximum absolute atomic E-state index is 6.29. The van der Waals surface area contributed by atoms with Crippen LogP contribution in [0.1, 0.15) is 42.2 Å². The van der Waals surface area contributed by atoms with Gasteiger partial charge in [-0.2, -0.15) is 0 Å². The van der Waals surface area contributed by atoms with Crippen molar-refractivity contribution in [2.75, 3.05) is 0 Å². The third kappa shape index (κ3) is 4.36. The summed E-state index contributed by atoms with van der Waals surface area (Å²) in [6.07, 6.45) is 1.36. The molecule has 0 bridgehead atoms. The largest absolute Gasteiger partial charge is 0.483 e. The van der Waals surface area contributed by atoms with Gasteiger partial charge in [-0.15, -0.1) is 0 Å². The molecular formula is C20H20Cl2N2O. The molecule has 0 amide bonds. The molecule has 0 spiro atoms. The Morgan fingerprint density at radius 2 is 1.88 bits per heavy atom. The summed E-state index contributed by atoms with van der Waals surface area (Å²) in [6, 6.07) is 15.3. The van der Waals surface area contributed by atoms with Crippen LogP contribution in [0, 0.1) is 6.92 Å². The van der Waals surface area contributed by atoms with E-state index in [1.165, 1.54) is 0 Å². The van der Waals surface area contributed by atoms with Crippen LogP contribution in [0.25, 0.3) is 0 Å². The van der Waals surface area contributed by atoms with E-state index in [2.05, 4.69) is 11.9 Å². The zero-order valence-corrected chi connectivity index (χ0v) is 15.7. The summed E-state index contributed by atoms with van der Waals surface area (Å²) in [5, 5.41) is 1.29. The van der Waals surface area contributed by atoms with E-state index in [1.807, 2.05) is 49.4 Å². The second kappa shape index (κ2) is 7.94. The van der Waals surface area contributed by atoms with E-state index in [0.717, 1.165) is 34.9 Å². The van der Waals surface area contributed by atoms with Gasteiger partial charge in [0.1, 0.15) is 11.6 Å². The number of hydrogen-bond donors (Lipinski definition) is 1. The van der Waals surface area contributed by atoms with Crippen LogP contribution in [-0.4, -0.2) is 9.97 Å². The van der Waals surface area contributed by atoms with Gasteiger partial charge in [-0.1, -0.05) is 54.4 Å². The third-order valence-corrected chi connectivity index (χ3v) is 4.66. The van der Waals surface area contributed by atoms with Crippen molar-refractivity contribution in [3.8, 4) is 5.75 Å². The van der Waals surface area contributed by atoms with Gasteiger partial charge in [-0.3, -0.25) is 0 Å². The fourth-order valence-corrected chi connectivity index (χ4v) is 3.16. The Balaban J connectivity index is 1.81. The van der Waals surface area contributed by atoms with Gasteiger partial charge in [0.15, 0.2) is 6.10 Å². The molecule has 1 aromatic heterocycles. The van der Waals surface area contributed by atoms with E-state index in [1.54, 1.807) is 6.07 Å². The van der Waals surface area contributed by atoms with Crippen LogP contribution in [0.4, 0.5) is 0 Å². The van der Waals surface area contributed by atoms with Gasteiger partial charge in [-0.25, -0.2) is 4.98 Å². The molecule has 1 N–H and O–H groups in total. The lowest BCUT2D eigenvalue weighted by molar-refractivity contribution is 0.192. The molecule has 5 heteroatoms. The number of ether oxygens (including phenoxy) is 1. The van der Waals surface area contributed by atoms with E-state index in [4.69, 9.17) is 32.9 Å². The Bertz CT molecular complexity index is 846. The molecule has 0 fully saturated rings. The molecule has 1 heterocycles. The highest BCUT2D eigenvalue weighted by molar-refractivity contribution is 6.35. The van der Waals surface area contributed by atoms with Crippen LogP contribution >= 0.6 is 23.2 Å². The maximum Gasteiger partial charge on any atom is 0.156 e. The van der Waals surface area contributed by atoms with Crippen LogP contribution in [0.5, 0.6) is 5.75 Å². The molecule has 3 nitrogen and oxygen atoms in total. The molecule has 0 saturated carbocycles. The summed E-state index contributed by atoms with van der Waals surface area (Å²) in [5.74, 6) is 1.68. The molecule has 0 aliphatic carbocycles. The topological polar surface area (TPSA) is 37.9 Å². The minimum Gasteiger partial charge on any atom is -0.483 e. The molecule has 25 heavy (non-hydrogen) atoms. The van der Waals surface area contributed by atoms with Crippen molar-refractivity contribution in [3.63, 3.8) is 0 Å². The predicted molar refractivity (Wildman–Crippen MR) is 103 cm³/mol. The first-order valence-corrected chi connectivity index (χ1v) is 9.03. The monoisotopic (exact) mass is 374 g/mol. The number of halogens is 2. The highest BCUT2D eigenvalue weighted by Gasteiger charge is 2.18. The minimum absolute atomic E-state index is 0.115. The number of para-hydroxylation sites is 1. The van der Waals surface area contributed by atoms with Crippen molar-refractivity contribution in [1.82, 2.24) is 9.97 Å². The van der Waals surface area contributed by atoms with Gasteiger partial charge in [0.2, 0.25) is 0 Å². The number of aromatic amines is 1. The first-order valence-electron chi connectivity index (χ1n) is 8.27. The van der Waals surface area contributed by atoms with Crippen molar-refractivity contribution in [2.24, 2.45) is 0 Å². The van der Waals surface area contributed by atoms with Crippen molar-refractivity contribution < 1.29 is 4.74 Å². The second-order valence-corrected chi connectivity index (χ2v) is 6.78. The number of rotatable bonds is 6. The van der Waals surface area contributed by atoms with E-state index in [-0.39, 0.29) is 6.10 Å². The van der Waals surface area contributed by atoms with Crippen LogP contribution in [0.15, 0.2) is 48.5 Å². The summed E-state index contributed by atoms with van der Waals surface area (Å²) < 4.78 is 6.07. The maximum atomic E-state index is 6.29. The number of hydrogen-bond acceptors (Lipinski definition) is 2. The first kappa shape index (κ1) is 17.8. The zero-order valence-electron chi connectivity index (χ0n) is 14.2. The smallest absolute Gasteiger partial charge is 0.156 e. The standard InChI is InChI=1S/C20H20Cl2N2O/c1-3-19(25-16-7-5-4-6-8-16)20-23-13(2)18(24-20)11-14-9-10-15(21)12-17(14)22/h4-10,12,19H,3,11H2,1-2H3,(H,23,24). The summed E-state index contributed by atoms with van der Waals surface area (Å²) in [4.78, 5) is 8.13. The number of nitrogens with one attached hydrogen (secondary N) is 1. The lowest BCUT2D eigenvalue weighted by Gasteiger charge is -2.15. The minimum atomic E-state index is -0.115. The van der Waals surface area contributed by atoms with Crippen LogP contribution in [0.3, 0.4) is 0 Å². The van der Waals surface area contributed by atoms with E-state index in [0.29, 0.717) is 16.5 Å². The van der Waals surface area contributed by atoms with Crippen LogP contribution in [-0.2, 0) is 6.42 Å². The van der Waals surface area contributed by atoms with Gasteiger partial charge < -0.3 is 9.72 Å². The Hall–Kier alpha value is -1.97. The molecule has 1 atom stereocenters. The van der Waals surface area contributed by atoms with Gasteiger partial charge in [0, 0.05) is 22.2 Å². The van der Waals surface area contributed by atoms with E-state index < -0.39 is 0 Å². The number of aromatic nitrogens is 2. The number of imidazole rings is 1. The molecule has 0 saturated heterocycles. The number of benzene rings is 2. The lowest BCUT2D eigenvalue weighted by Crippen LogP contribution is -2.08. The zero-order chi connectivity index (χ0) is 17.8. The lowest BCUT2D eigenvalue weighted by atomic mass is 10.1. The average Bonchev–Trinajstić information content (AvgIpc) is 2.96. The Kier molecular flexibility index (Phi) is 5.67. The first-order chi connectivity index (χ1) is 12.1. The summed E-state index contributed by atoms with van der Waals surface area (Å²) in [7, 11) is 0. The highest BCUT2D eigenvalue weighted by atomic mass is 35.5. The molecule has 2 aromatic carbocycles. The number of nitrogens with zero attached hydrogens (tertiary/aromatic N) is 1. The quantitative estimate of drug-likeness (QED) is 0.561. The average molecular weight is 375 g/mol. The van der Waals surface area contributed by atoms with Gasteiger partial charge in [0.25, 0.3) is 0 Å². The molecule has 1 unspecified atom stereocenters. The van der Waals surface area contributed by atoms with Crippen molar-refractivity contribution in [3.05, 3.63) is 81.4 Å². The summed E-state index contributed by atoms with van der Waals surface area (Å²) in [5.41, 5.74) is 3.00. The Morgan fingerprint density at radius 3 is 2.56 bits per heavy atom. The van der Waals surface area contributed by atoms with Gasteiger partial charge in [-0.05, 0) is 43.2 Å². The van der Waals surface area contributed by atoms with Crippen molar-refractivity contribution in [2.45, 2.75) is 32.8 Å². The summed E-state index contributed by atoms with van der Waals surface area (Å²) >= 11 is 12.3. The SMILES string of the molecule is CCC(Oc1ccccc1)c1nc(Cc2ccc(Cl)cc2Cl)c(C)[nH]1. The number of H-pyrrole nitrogens is 1. The second-order valence-electron chi connectivity index (χ2n) is 5.93. The molecule has 0 aliphatic rings. The highest BCUT2D eigenvalue weighted by Crippen LogP contribution is 2.27. The molecule has 130 valence electrons. The summed E-state index contributed by atoms with van der Waals surface area (Å²) in [6.45, 7) is 4.10. The molecule has 3 rings (SSSR count). The predicted octanol–water partition coefficient (Wildman–Crippen LogP) is 6.15. The van der Waals surface area contributed by atoms with E-state index in [9.17, 15) is 0 Å². The van der Waals surface area contributed by atoms with Crippen molar-refractivity contribution in [1.29, 1.82) is 0 Å². The third-order valence-electron chi connectivity index (χ3n) is 4.07.